The van der Waals surface area contributed by atoms with Crippen LogP contribution < -0.4 is 5.32 Å². The van der Waals surface area contributed by atoms with Crippen molar-refractivity contribution in [3.05, 3.63) is 45.9 Å². The Morgan fingerprint density at radius 3 is 2.46 bits per heavy atom. The third-order valence-electron chi connectivity index (χ3n) is 3.46. The molecule has 0 bridgehead atoms. The number of nitrogens with zero attached hydrogens (tertiary/aromatic N) is 2. The first kappa shape index (κ1) is 19.0. The summed E-state index contributed by atoms with van der Waals surface area (Å²) >= 11 is 2.91. The van der Waals surface area contributed by atoms with Gasteiger partial charge in [-0.2, -0.15) is 0 Å². The van der Waals surface area contributed by atoms with Gasteiger partial charge in [-0.3, -0.25) is 4.79 Å². The van der Waals surface area contributed by atoms with Crippen LogP contribution in [0.15, 0.2) is 34.5 Å². The van der Waals surface area contributed by atoms with E-state index in [1.807, 2.05) is 19.2 Å². The van der Waals surface area contributed by atoms with Crippen LogP contribution in [0.1, 0.15) is 16.3 Å². The molecule has 1 aromatic carbocycles. The lowest BCUT2D eigenvalue weighted by Crippen LogP contribution is -2.14. The van der Waals surface area contributed by atoms with E-state index in [1.54, 1.807) is 23.5 Å². The Kier molecular flexibility index (Phi) is 5.42. The molecule has 1 amide bonds. The van der Waals surface area contributed by atoms with E-state index in [1.165, 1.54) is 23.5 Å². The number of aromatic nitrogens is 2. The lowest BCUT2D eigenvalue weighted by Gasteiger charge is -2.03. The van der Waals surface area contributed by atoms with Crippen molar-refractivity contribution < 1.29 is 13.2 Å². The van der Waals surface area contributed by atoms with Gasteiger partial charge in [0.15, 0.2) is 5.13 Å². The number of rotatable bonds is 5. The van der Waals surface area contributed by atoms with E-state index >= 15 is 0 Å². The number of aryl methyl sites for hydroxylation is 2. The highest BCUT2D eigenvalue weighted by Crippen LogP contribution is 2.32. The first-order chi connectivity index (χ1) is 12.2. The van der Waals surface area contributed by atoms with E-state index < -0.39 is 9.05 Å². The van der Waals surface area contributed by atoms with Crippen molar-refractivity contribution >= 4 is 53.4 Å². The summed E-state index contributed by atoms with van der Waals surface area (Å²) in [4.78, 5) is 22.0. The van der Waals surface area contributed by atoms with Crippen molar-refractivity contribution in [1.29, 1.82) is 0 Å². The number of hydrogen-bond acceptors (Lipinski definition) is 7. The molecule has 10 heteroatoms. The zero-order chi connectivity index (χ0) is 18.9. The summed E-state index contributed by atoms with van der Waals surface area (Å²) in [6.07, 6.45) is 0.107. The molecule has 0 aliphatic rings. The molecule has 0 unspecified atom stereocenters. The molecule has 0 saturated heterocycles. The highest BCUT2D eigenvalue weighted by atomic mass is 35.7. The Morgan fingerprint density at radius 1 is 1.19 bits per heavy atom. The van der Waals surface area contributed by atoms with Gasteiger partial charge in [0.05, 0.1) is 32.6 Å². The number of halogens is 1. The van der Waals surface area contributed by atoms with Crippen LogP contribution in [0, 0.1) is 13.8 Å². The van der Waals surface area contributed by atoms with E-state index in [4.69, 9.17) is 10.7 Å². The summed E-state index contributed by atoms with van der Waals surface area (Å²) in [5.74, 6) is -0.232. The normalized spacial score (nSPS) is 11.5. The smallest absolute Gasteiger partial charge is 0.261 e. The first-order valence-corrected chi connectivity index (χ1v) is 11.5. The number of hydrogen-bond donors (Lipinski definition) is 1. The van der Waals surface area contributed by atoms with E-state index in [9.17, 15) is 13.2 Å². The Bertz CT molecular complexity index is 1060. The van der Waals surface area contributed by atoms with Gasteiger partial charge in [-0.15, -0.1) is 22.7 Å². The monoisotopic (exact) mass is 427 g/mol. The second kappa shape index (κ2) is 7.43. The maximum absolute atomic E-state index is 12.2. The number of carbonyl (C=O) groups excluding carboxylic acids is 1. The molecule has 3 aromatic rings. The second-order valence-corrected chi connectivity index (χ2v) is 10.1. The van der Waals surface area contributed by atoms with Crippen molar-refractivity contribution in [3.63, 3.8) is 0 Å². The van der Waals surface area contributed by atoms with Gasteiger partial charge >= 0.3 is 0 Å². The number of carbonyl (C=O) groups is 1. The molecule has 26 heavy (non-hydrogen) atoms. The van der Waals surface area contributed by atoms with Crippen LogP contribution in [0.25, 0.3) is 10.6 Å². The molecular weight excluding hydrogens is 414 g/mol. The minimum absolute atomic E-state index is 0.00288. The van der Waals surface area contributed by atoms with Gasteiger partial charge in [-0.05, 0) is 31.5 Å². The summed E-state index contributed by atoms with van der Waals surface area (Å²) < 4.78 is 22.5. The zero-order valence-corrected chi connectivity index (χ0v) is 17.0. The molecule has 0 aliphatic heterocycles. The molecule has 136 valence electrons. The SMILES string of the molecule is Cc1nc(C)c(-c2csc(NC(=O)Cc3ccc(S(=O)(=O)Cl)cc3)n2)s1. The van der Waals surface area contributed by atoms with Crippen LogP contribution in [-0.2, 0) is 20.3 Å². The van der Waals surface area contributed by atoms with Crippen LogP contribution in [-0.4, -0.2) is 24.3 Å². The van der Waals surface area contributed by atoms with Crippen molar-refractivity contribution in [1.82, 2.24) is 9.97 Å². The molecule has 2 heterocycles. The molecule has 3 rings (SSSR count). The third kappa shape index (κ3) is 4.47. The molecule has 6 nitrogen and oxygen atoms in total. The summed E-state index contributed by atoms with van der Waals surface area (Å²) in [6, 6.07) is 5.87. The van der Waals surface area contributed by atoms with E-state index in [0.29, 0.717) is 10.7 Å². The highest BCUT2D eigenvalue weighted by Gasteiger charge is 2.14. The van der Waals surface area contributed by atoms with Gasteiger partial charge in [0.25, 0.3) is 9.05 Å². The molecule has 2 aromatic heterocycles. The molecule has 0 radical (unpaired) electrons. The Morgan fingerprint density at radius 2 is 1.88 bits per heavy atom. The largest absolute Gasteiger partial charge is 0.302 e. The van der Waals surface area contributed by atoms with E-state index in [-0.39, 0.29) is 17.2 Å². The Balaban J connectivity index is 1.66. The van der Waals surface area contributed by atoms with Crippen molar-refractivity contribution in [2.45, 2.75) is 25.2 Å². The second-order valence-electron chi connectivity index (χ2n) is 5.49. The van der Waals surface area contributed by atoms with Crippen LogP contribution >= 0.6 is 33.4 Å². The van der Waals surface area contributed by atoms with E-state index in [2.05, 4.69) is 15.3 Å². The number of nitrogens with one attached hydrogen (secondary N) is 1. The maximum atomic E-state index is 12.2. The fraction of sp³-hybridized carbons (Fsp3) is 0.188. The van der Waals surface area contributed by atoms with Gasteiger partial charge in [0, 0.05) is 16.1 Å². The maximum Gasteiger partial charge on any atom is 0.261 e. The van der Waals surface area contributed by atoms with Gasteiger partial charge < -0.3 is 5.32 Å². The molecule has 0 spiro atoms. The molecule has 0 fully saturated rings. The minimum Gasteiger partial charge on any atom is -0.302 e. The summed E-state index contributed by atoms with van der Waals surface area (Å²) in [5, 5.41) is 6.13. The van der Waals surface area contributed by atoms with Crippen molar-refractivity contribution in [2.75, 3.05) is 5.32 Å². The third-order valence-corrected chi connectivity index (χ3v) is 6.68. The summed E-state index contributed by atoms with van der Waals surface area (Å²) in [6.45, 7) is 3.87. The van der Waals surface area contributed by atoms with Crippen LogP contribution in [0.3, 0.4) is 0 Å². The Hall–Kier alpha value is -1.81. The predicted molar refractivity (Wildman–Crippen MR) is 105 cm³/mol. The van der Waals surface area contributed by atoms with Crippen molar-refractivity contribution in [3.8, 4) is 10.6 Å². The quantitative estimate of drug-likeness (QED) is 0.622. The minimum atomic E-state index is -3.76. The van der Waals surface area contributed by atoms with E-state index in [0.717, 1.165) is 21.3 Å². The molecule has 1 N–H and O–H groups in total. The number of thiazole rings is 2. The van der Waals surface area contributed by atoms with Gasteiger partial charge in [0.1, 0.15) is 0 Å². The molecular formula is C16H14ClN3O3S3. The summed E-state index contributed by atoms with van der Waals surface area (Å²) in [7, 11) is 1.51. The van der Waals surface area contributed by atoms with Crippen LogP contribution in [0.5, 0.6) is 0 Å². The lowest BCUT2D eigenvalue weighted by molar-refractivity contribution is -0.115. The number of benzene rings is 1. The molecule has 0 saturated carbocycles. The standard InChI is InChI=1S/C16H14ClN3O3S3/c1-9-15(25-10(2)18-9)13-8-24-16(19-13)20-14(21)7-11-3-5-12(6-4-11)26(17,22)23/h3-6,8H,7H2,1-2H3,(H,19,20,21). The number of anilines is 1. The molecule has 0 atom stereocenters. The highest BCUT2D eigenvalue weighted by molar-refractivity contribution is 8.13. The van der Waals surface area contributed by atoms with Crippen LogP contribution in [0.2, 0.25) is 0 Å². The van der Waals surface area contributed by atoms with Gasteiger partial charge in [-0.25, -0.2) is 18.4 Å². The topological polar surface area (TPSA) is 89.0 Å². The summed E-state index contributed by atoms with van der Waals surface area (Å²) in [5.41, 5.74) is 2.40. The first-order valence-electron chi connectivity index (χ1n) is 7.46. The zero-order valence-electron chi connectivity index (χ0n) is 13.8. The molecule has 0 aliphatic carbocycles. The lowest BCUT2D eigenvalue weighted by atomic mass is 10.1. The number of amides is 1. The van der Waals surface area contributed by atoms with Crippen molar-refractivity contribution in [2.24, 2.45) is 0 Å². The van der Waals surface area contributed by atoms with Crippen LogP contribution in [0.4, 0.5) is 5.13 Å². The fourth-order valence-corrected chi connectivity index (χ4v) is 4.77. The average Bonchev–Trinajstić information content (AvgIpc) is 3.12. The predicted octanol–water partition coefficient (Wildman–Crippen LogP) is 3.99. The fourth-order valence-electron chi connectivity index (χ4n) is 2.32. The Labute approximate surface area is 163 Å². The average molecular weight is 428 g/mol. The van der Waals surface area contributed by atoms with Gasteiger partial charge in [-0.1, -0.05) is 12.1 Å². The van der Waals surface area contributed by atoms with Gasteiger partial charge in [0.2, 0.25) is 5.91 Å².